The molecule has 1 fully saturated rings. The number of hydrogen-bond donors (Lipinski definition) is 0. The molecule has 0 aromatic carbocycles. The first-order chi connectivity index (χ1) is 6.36. The minimum Gasteiger partial charge on any atom is -0.341 e. The molecule has 0 saturated carbocycles. The van der Waals surface area contributed by atoms with Crippen molar-refractivity contribution in [2.45, 2.75) is 19.8 Å². The summed E-state index contributed by atoms with van der Waals surface area (Å²) >= 11 is 0. The van der Waals surface area contributed by atoms with Crippen LogP contribution in [0.1, 0.15) is 19.8 Å². The molecule has 3 heteroatoms. The first kappa shape index (κ1) is 8.48. The van der Waals surface area contributed by atoms with Gasteiger partial charge in [0.05, 0.1) is 0 Å². The van der Waals surface area contributed by atoms with Crippen molar-refractivity contribution in [3.05, 3.63) is 18.5 Å². The Morgan fingerprint density at radius 1 is 1.38 bits per heavy atom. The molecule has 2 heterocycles. The Morgan fingerprint density at radius 3 is 2.85 bits per heavy atom. The van der Waals surface area contributed by atoms with Crippen LogP contribution >= 0.6 is 0 Å². The summed E-state index contributed by atoms with van der Waals surface area (Å²) in [6, 6.07) is 1.86. The number of hydrogen-bond acceptors (Lipinski definition) is 3. The average Bonchev–Trinajstić information content (AvgIpc) is 2.19. The standard InChI is InChI=1S/C10H15N3/c1-9-4-2-7-13(8-9)10-11-5-3-6-12-10/h3,5-6,9H,2,4,7-8H2,1H3/t9-/m0/s1. The minimum absolute atomic E-state index is 0.776. The number of nitrogens with zero attached hydrogens (tertiary/aromatic N) is 3. The van der Waals surface area contributed by atoms with E-state index in [1.54, 1.807) is 0 Å². The van der Waals surface area contributed by atoms with Gasteiger partial charge in [-0.05, 0) is 24.8 Å². The van der Waals surface area contributed by atoms with E-state index in [1.165, 1.54) is 12.8 Å². The van der Waals surface area contributed by atoms with E-state index in [0.717, 1.165) is 25.0 Å². The summed E-state index contributed by atoms with van der Waals surface area (Å²) in [6.07, 6.45) is 6.21. The molecule has 1 aliphatic heterocycles. The van der Waals surface area contributed by atoms with Crippen molar-refractivity contribution in [2.75, 3.05) is 18.0 Å². The van der Waals surface area contributed by atoms with Crippen LogP contribution in [0, 0.1) is 5.92 Å². The van der Waals surface area contributed by atoms with E-state index in [1.807, 2.05) is 18.5 Å². The van der Waals surface area contributed by atoms with Crippen LogP contribution in [0.5, 0.6) is 0 Å². The highest BCUT2D eigenvalue weighted by atomic mass is 15.2. The molecule has 1 aliphatic rings. The van der Waals surface area contributed by atoms with Gasteiger partial charge in [0.1, 0.15) is 0 Å². The van der Waals surface area contributed by atoms with Gasteiger partial charge in [-0.15, -0.1) is 0 Å². The van der Waals surface area contributed by atoms with Crippen molar-refractivity contribution in [3.8, 4) is 0 Å². The molecule has 0 radical (unpaired) electrons. The molecule has 0 bridgehead atoms. The summed E-state index contributed by atoms with van der Waals surface area (Å²) in [5, 5.41) is 0. The molecule has 0 unspecified atom stereocenters. The lowest BCUT2D eigenvalue weighted by atomic mass is 10.0. The summed E-state index contributed by atoms with van der Waals surface area (Å²) < 4.78 is 0. The Labute approximate surface area is 78.8 Å². The molecule has 70 valence electrons. The number of piperidine rings is 1. The monoisotopic (exact) mass is 177 g/mol. The second-order valence-electron chi connectivity index (χ2n) is 3.74. The predicted octanol–water partition coefficient (Wildman–Crippen LogP) is 1.71. The van der Waals surface area contributed by atoms with Gasteiger partial charge in [0.2, 0.25) is 5.95 Å². The predicted molar refractivity (Wildman–Crippen MR) is 52.6 cm³/mol. The van der Waals surface area contributed by atoms with Crippen molar-refractivity contribution < 1.29 is 0 Å². The quantitative estimate of drug-likeness (QED) is 0.654. The number of aromatic nitrogens is 2. The van der Waals surface area contributed by atoms with Gasteiger partial charge in [-0.2, -0.15) is 0 Å². The Morgan fingerprint density at radius 2 is 2.15 bits per heavy atom. The van der Waals surface area contributed by atoms with E-state index in [9.17, 15) is 0 Å². The van der Waals surface area contributed by atoms with Crippen LogP contribution in [-0.4, -0.2) is 23.1 Å². The van der Waals surface area contributed by atoms with Gasteiger partial charge in [-0.25, -0.2) is 9.97 Å². The average molecular weight is 177 g/mol. The van der Waals surface area contributed by atoms with Gasteiger partial charge in [-0.3, -0.25) is 0 Å². The van der Waals surface area contributed by atoms with Crippen LogP contribution in [0.25, 0.3) is 0 Å². The van der Waals surface area contributed by atoms with Crippen LogP contribution in [0.15, 0.2) is 18.5 Å². The lowest BCUT2D eigenvalue weighted by Gasteiger charge is -2.30. The second-order valence-corrected chi connectivity index (χ2v) is 3.74. The van der Waals surface area contributed by atoms with Crippen molar-refractivity contribution in [1.82, 2.24) is 9.97 Å². The topological polar surface area (TPSA) is 29.0 Å². The molecule has 0 N–H and O–H groups in total. The molecule has 3 nitrogen and oxygen atoms in total. The summed E-state index contributed by atoms with van der Waals surface area (Å²) in [4.78, 5) is 10.8. The first-order valence-corrected chi connectivity index (χ1v) is 4.88. The molecule has 13 heavy (non-hydrogen) atoms. The first-order valence-electron chi connectivity index (χ1n) is 4.88. The van der Waals surface area contributed by atoms with Crippen molar-refractivity contribution in [1.29, 1.82) is 0 Å². The molecule has 0 aliphatic carbocycles. The van der Waals surface area contributed by atoms with Gasteiger partial charge in [0, 0.05) is 25.5 Å². The maximum Gasteiger partial charge on any atom is 0.225 e. The number of rotatable bonds is 1. The van der Waals surface area contributed by atoms with E-state index in [2.05, 4.69) is 21.8 Å². The SMILES string of the molecule is C[C@H]1CCCN(c2ncccn2)C1. The van der Waals surface area contributed by atoms with Crippen LogP contribution in [-0.2, 0) is 0 Å². The Balaban J connectivity index is 2.08. The summed E-state index contributed by atoms with van der Waals surface area (Å²) in [5.74, 6) is 1.66. The molecule has 1 atom stereocenters. The highest BCUT2D eigenvalue weighted by Crippen LogP contribution is 2.18. The maximum absolute atomic E-state index is 4.25. The van der Waals surface area contributed by atoms with E-state index >= 15 is 0 Å². The van der Waals surface area contributed by atoms with Gasteiger partial charge in [0.25, 0.3) is 0 Å². The highest BCUT2D eigenvalue weighted by molar-refractivity contribution is 5.28. The third kappa shape index (κ3) is 1.97. The van der Waals surface area contributed by atoms with E-state index in [4.69, 9.17) is 0 Å². The zero-order chi connectivity index (χ0) is 9.10. The molecular weight excluding hydrogens is 162 g/mol. The fourth-order valence-corrected chi connectivity index (χ4v) is 1.83. The van der Waals surface area contributed by atoms with Crippen molar-refractivity contribution in [2.24, 2.45) is 5.92 Å². The minimum atomic E-state index is 0.776. The molecule has 1 aromatic heterocycles. The van der Waals surface area contributed by atoms with Gasteiger partial charge >= 0.3 is 0 Å². The third-order valence-electron chi connectivity index (χ3n) is 2.49. The fourth-order valence-electron chi connectivity index (χ4n) is 1.83. The maximum atomic E-state index is 4.25. The van der Waals surface area contributed by atoms with Gasteiger partial charge in [-0.1, -0.05) is 6.92 Å². The van der Waals surface area contributed by atoms with E-state index in [0.29, 0.717) is 0 Å². The zero-order valence-electron chi connectivity index (χ0n) is 7.98. The summed E-state index contributed by atoms with van der Waals surface area (Å²) in [7, 11) is 0. The van der Waals surface area contributed by atoms with Crippen LogP contribution in [0.4, 0.5) is 5.95 Å². The number of anilines is 1. The van der Waals surface area contributed by atoms with Gasteiger partial charge < -0.3 is 4.90 Å². The second kappa shape index (κ2) is 3.73. The highest BCUT2D eigenvalue weighted by Gasteiger charge is 2.17. The lowest BCUT2D eigenvalue weighted by molar-refractivity contribution is 0.442. The largest absolute Gasteiger partial charge is 0.341 e. The molecule has 2 rings (SSSR count). The van der Waals surface area contributed by atoms with Gasteiger partial charge in [0.15, 0.2) is 0 Å². The van der Waals surface area contributed by atoms with E-state index < -0.39 is 0 Å². The van der Waals surface area contributed by atoms with Crippen molar-refractivity contribution in [3.63, 3.8) is 0 Å². The molecule has 1 aromatic rings. The Hall–Kier alpha value is -1.12. The van der Waals surface area contributed by atoms with E-state index in [-0.39, 0.29) is 0 Å². The molecule has 0 amide bonds. The third-order valence-corrected chi connectivity index (χ3v) is 2.49. The molecular formula is C10H15N3. The molecule has 1 saturated heterocycles. The smallest absolute Gasteiger partial charge is 0.225 e. The lowest BCUT2D eigenvalue weighted by Crippen LogP contribution is -2.35. The molecule has 0 spiro atoms. The normalized spacial score (nSPS) is 23.2. The Kier molecular flexibility index (Phi) is 2.43. The van der Waals surface area contributed by atoms with Crippen LogP contribution in [0.3, 0.4) is 0 Å². The Bertz CT molecular complexity index is 260. The summed E-state index contributed by atoms with van der Waals surface area (Å²) in [6.45, 7) is 4.49. The zero-order valence-corrected chi connectivity index (χ0v) is 7.98. The summed E-state index contributed by atoms with van der Waals surface area (Å²) in [5.41, 5.74) is 0. The van der Waals surface area contributed by atoms with Crippen LogP contribution in [0.2, 0.25) is 0 Å². The van der Waals surface area contributed by atoms with Crippen molar-refractivity contribution >= 4 is 5.95 Å². The van der Waals surface area contributed by atoms with Crippen LogP contribution < -0.4 is 4.90 Å². The fraction of sp³-hybridized carbons (Fsp3) is 0.600.